The molecule has 3 aromatic carbocycles. The molecule has 0 unspecified atom stereocenters. The predicted molar refractivity (Wildman–Crippen MR) is 167 cm³/mol. The highest BCUT2D eigenvalue weighted by molar-refractivity contribution is 7.98. The highest BCUT2D eigenvalue weighted by atomic mass is 32.2. The molecule has 1 amide bonds. The van der Waals surface area contributed by atoms with E-state index in [0.717, 1.165) is 50.0 Å². The van der Waals surface area contributed by atoms with Crippen LogP contribution in [0.2, 0.25) is 0 Å². The molecule has 3 heterocycles. The van der Waals surface area contributed by atoms with Crippen molar-refractivity contribution in [3.05, 3.63) is 118 Å². The summed E-state index contributed by atoms with van der Waals surface area (Å²) in [6.07, 6.45) is 0.813. The quantitative estimate of drug-likeness (QED) is 0.167. The van der Waals surface area contributed by atoms with Crippen LogP contribution in [0.5, 0.6) is 5.75 Å². The summed E-state index contributed by atoms with van der Waals surface area (Å²) in [5.41, 5.74) is 7.81. The third kappa shape index (κ3) is 6.09. The van der Waals surface area contributed by atoms with Gasteiger partial charge in [0.05, 0.1) is 30.8 Å². The number of hydrogen-bond donors (Lipinski definition) is 2. The topological polar surface area (TPSA) is 97.7 Å². The predicted octanol–water partition coefficient (Wildman–Crippen LogP) is 6.46. The van der Waals surface area contributed by atoms with Crippen LogP contribution in [0.3, 0.4) is 0 Å². The van der Waals surface area contributed by atoms with Crippen LogP contribution in [-0.4, -0.2) is 37.7 Å². The minimum atomic E-state index is -0.423. The average Bonchev–Trinajstić information content (AvgIpc) is 3.76. The molecule has 0 saturated heterocycles. The molecule has 1 atom stereocenters. The molecule has 0 spiro atoms. The number of ether oxygens (including phenoxy) is 1. The lowest BCUT2D eigenvalue weighted by atomic mass is 10.0. The number of aryl methyl sites for hydroxylation is 1. The van der Waals surface area contributed by atoms with Gasteiger partial charge in [0.2, 0.25) is 5.91 Å². The lowest BCUT2D eigenvalue weighted by molar-refractivity contribution is -0.121. The van der Waals surface area contributed by atoms with Crippen LogP contribution >= 0.6 is 23.1 Å². The van der Waals surface area contributed by atoms with Gasteiger partial charge in [0.1, 0.15) is 5.75 Å². The number of rotatable bonds is 11. The van der Waals surface area contributed by atoms with Crippen LogP contribution in [0.1, 0.15) is 34.4 Å². The molecule has 2 N–H and O–H groups in total. The number of nitrogens with zero attached hydrogens (tertiary/aromatic N) is 4. The number of amides is 1. The minimum absolute atomic E-state index is 0.0789. The first-order valence-electron chi connectivity index (χ1n) is 13.6. The molecule has 0 saturated carbocycles. The second-order valence-corrected chi connectivity index (χ2v) is 11.6. The molecule has 212 valence electrons. The molecule has 0 fully saturated rings. The number of para-hydroxylation sites is 1. The van der Waals surface area contributed by atoms with Crippen molar-refractivity contribution in [3.63, 3.8) is 0 Å². The number of hydrogen-bond acceptors (Lipinski definition) is 7. The van der Waals surface area contributed by atoms with Gasteiger partial charge in [0, 0.05) is 33.4 Å². The van der Waals surface area contributed by atoms with E-state index < -0.39 is 6.04 Å². The number of aromatic amines is 1. The monoisotopic (exact) mass is 594 g/mol. The Labute approximate surface area is 252 Å². The number of carbonyl (C=O) groups excluding carboxylic acids is 1. The minimum Gasteiger partial charge on any atom is -0.497 e. The number of carbonyl (C=O) groups is 1. The standard InChI is InChI=1S/C32H30N6O2S2/c1-21-27(26-10-6-7-11-28(26)34-21)17-30(39)35-29(16-22-8-4-3-5-9-22)31-36-37-32(42-19-23-18-41-20-33-23)38(31)24-12-14-25(40-2)15-13-24/h3-15,18,20,29,34H,16-17,19H2,1-2H3,(H,35,39)/t29-/m0/s1. The molecule has 0 bridgehead atoms. The second kappa shape index (κ2) is 12.6. The second-order valence-electron chi connectivity index (χ2n) is 9.90. The third-order valence-corrected chi connectivity index (χ3v) is 8.71. The van der Waals surface area contributed by atoms with Crippen molar-refractivity contribution in [3.8, 4) is 11.4 Å². The zero-order valence-electron chi connectivity index (χ0n) is 23.3. The molecular weight excluding hydrogens is 565 g/mol. The molecule has 0 aliphatic rings. The Morgan fingerprint density at radius 2 is 1.83 bits per heavy atom. The Morgan fingerprint density at radius 1 is 1.05 bits per heavy atom. The van der Waals surface area contributed by atoms with Gasteiger partial charge in [-0.15, -0.1) is 21.5 Å². The summed E-state index contributed by atoms with van der Waals surface area (Å²) >= 11 is 3.14. The summed E-state index contributed by atoms with van der Waals surface area (Å²) < 4.78 is 7.43. The van der Waals surface area contributed by atoms with E-state index in [1.807, 2.05) is 83.0 Å². The van der Waals surface area contributed by atoms with Crippen LogP contribution in [0, 0.1) is 6.92 Å². The first-order chi connectivity index (χ1) is 20.6. The van der Waals surface area contributed by atoms with Gasteiger partial charge in [-0.3, -0.25) is 9.36 Å². The maximum absolute atomic E-state index is 13.7. The zero-order valence-corrected chi connectivity index (χ0v) is 24.9. The number of methoxy groups -OCH3 is 1. The Morgan fingerprint density at radius 3 is 2.60 bits per heavy atom. The van der Waals surface area contributed by atoms with Gasteiger partial charge in [-0.2, -0.15) is 0 Å². The van der Waals surface area contributed by atoms with Crippen molar-refractivity contribution >= 4 is 39.9 Å². The molecule has 6 aromatic rings. The van der Waals surface area contributed by atoms with E-state index in [-0.39, 0.29) is 12.3 Å². The first kappa shape index (κ1) is 27.7. The van der Waals surface area contributed by atoms with Crippen molar-refractivity contribution in [1.82, 2.24) is 30.0 Å². The smallest absolute Gasteiger partial charge is 0.225 e. The maximum atomic E-state index is 13.7. The van der Waals surface area contributed by atoms with E-state index in [4.69, 9.17) is 4.74 Å². The fraction of sp³-hybridized carbons (Fsp3) is 0.188. The number of nitrogens with one attached hydrogen (secondary N) is 2. The molecule has 3 aromatic heterocycles. The van der Waals surface area contributed by atoms with Gasteiger partial charge in [-0.1, -0.05) is 60.3 Å². The number of thiazole rings is 1. The summed E-state index contributed by atoms with van der Waals surface area (Å²) in [5.74, 6) is 2.00. The number of H-pyrrole nitrogens is 1. The summed E-state index contributed by atoms with van der Waals surface area (Å²) in [5, 5.41) is 16.4. The van der Waals surface area contributed by atoms with Crippen LogP contribution < -0.4 is 10.1 Å². The van der Waals surface area contributed by atoms with Gasteiger partial charge >= 0.3 is 0 Å². The van der Waals surface area contributed by atoms with Gasteiger partial charge < -0.3 is 15.0 Å². The Balaban J connectivity index is 1.36. The molecular formula is C32H30N6O2S2. The lowest BCUT2D eigenvalue weighted by Gasteiger charge is -2.20. The summed E-state index contributed by atoms with van der Waals surface area (Å²) in [6.45, 7) is 2.01. The van der Waals surface area contributed by atoms with E-state index in [9.17, 15) is 4.79 Å². The van der Waals surface area contributed by atoms with Crippen molar-refractivity contribution in [2.75, 3.05) is 7.11 Å². The van der Waals surface area contributed by atoms with Gasteiger partial charge in [-0.05, 0) is 54.8 Å². The van der Waals surface area contributed by atoms with E-state index >= 15 is 0 Å². The Bertz CT molecular complexity index is 1780. The van der Waals surface area contributed by atoms with Crippen LogP contribution in [0.4, 0.5) is 0 Å². The fourth-order valence-corrected chi connectivity index (χ4v) is 6.57. The van der Waals surface area contributed by atoms with E-state index in [1.165, 1.54) is 0 Å². The van der Waals surface area contributed by atoms with Crippen molar-refractivity contribution in [2.24, 2.45) is 0 Å². The van der Waals surface area contributed by atoms with Gasteiger partial charge in [-0.25, -0.2) is 4.98 Å². The molecule has 0 aliphatic heterocycles. The van der Waals surface area contributed by atoms with Crippen molar-refractivity contribution in [2.45, 2.75) is 36.7 Å². The number of fused-ring (bicyclic) bond motifs is 1. The number of thioether (sulfide) groups is 1. The van der Waals surface area contributed by atoms with Crippen LogP contribution in [0.15, 0.2) is 94.9 Å². The van der Waals surface area contributed by atoms with Crippen molar-refractivity contribution < 1.29 is 9.53 Å². The van der Waals surface area contributed by atoms with E-state index in [2.05, 4.69) is 43.7 Å². The summed E-state index contributed by atoms with van der Waals surface area (Å²) in [7, 11) is 1.65. The van der Waals surface area contributed by atoms with Gasteiger partial charge in [0.15, 0.2) is 11.0 Å². The fourth-order valence-electron chi connectivity index (χ4n) is 5.05. The molecule has 10 heteroatoms. The molecule has 42 heavy (non-hydrogen) atoms. The SMILES string of the molecule is COc1ccc(-n2c(SCc3cscn3)nnc2[C@H](Cc2ccccc2)NC(=O)Cc2c(C)[nH]c3ccccc23)cc1. The Hall–Kier alpha value is -4.41. The van der Waals surface area contributed by atoms with Crippen LogP contribution in [-0.2, 0) is 23.4 Å². The first-order valence-corrected chi connectivity index (χ1v) is 15.5. The number of benzene rings is 3. The molecule has 6 rings (SSSR count). The van der Waals surface area contributed by atoms with Gasteiger partial charge in [0.25, 0.3) is 0 Å². The molecule has 8 nitrogen and oxygen atoms in total. The normalized spacial score (nSPS) is 12.0. The largest absolute Gasteiger partial charge is 0.497 e. The highest BCUT2D eigenvalue weighted by Gasteiger charge is 2.26. The maximum Gasteiger partial charge on any atom is 0.225 e. The molecule has 0 radical (unpaired) electrons. The van der Waals surface area contributed by atoms with E-state index in [0.29, 0.717) is 18.0 Å². The van der Waals surface area contributed by atoms with Crippen LogP contribution in [0.25, 0.3) is 16.6 Å². The summed E-state index contributed by atoms with van der Waals surface area (Å²) in [4.78, 5) is 21.5. The van der Waals surface area contributed by atoms with Crippen molar-refractivity contribution in [1.29, 1.82) is 0 Å². The van der Waals surface area contributed by atoms with E-state index in [1.54, 1.807) is 30.2 Å². The molecule has 0 aliphatic carbocycles. The summed E-state index contributed by atoms with van der Waals surface area (Å²) in [6, 6.07) is 25.6. The third-order valence-electron chi connectivity index (χ3n) is 7.12. The zero-order chi connectivity index (χ0) is 28.9. The Kier molecular flexibility index (Phi) is 8.34. The lowest BCUT2D eigenvalue weighted by Crippen LogP contribution is -2.33. The highest BCUT2D eigenvalue weighted by Crippen LogP contribution is 2.30. The average molecular weight is 595 g/mol. The number of aromatic nitrogens is 5.